The van der Waals surface area contributed by atoms with E-state index in [9.17, 15) is 8.42 Å². The van der Waals surface area contributed by atoms with Crippen molar-refractivity contribution in [1.29, 1.82) is 0 Å². The molecule has 1 N–H and O–H groups in total. The maximum Gasteiger partial charge on any atom is 0.281 e. The van der Waals surface area contributed by atoms with Crippen LogP contribution >= 0.6 is 23.1 Å². The van der Waals surface area contributed by atoms with Crippen LogP contribution in [0.15, 0.2) is 41.3 Å². The zero-order chi connectivity index (χ0) is 12.5. The molecule has 0 saturated heterocycles. The molecule has 2 aromatic rings. The summed E-state index contributed by atoms with van der Waals surface area (Å²) in [5.41, 5.74) is 0.818. The zero-order valence-electron chi connectivity index (χ0n) is 8.61. The molecule has 7 heteroatoms. The topological polar surface area (TPSA) is 67.3 Å². The van der Waals surface area contributed by atoms with Crippen molar-refractivity contribution < 1.29 is 13.0 Å². The van der Waals surface area contributed by atoms with Crippen LogP contribution in [-0.4, -0.2) is 22.5 Å². The predicted molar refractivity (Wildman–Crippen MR) is 71.0 cm³/mol. The molecule has 2 rings (SSSR count). The largest absolute Gasteiger partial charge is 0.284 e. The van der Waals surface area contributed by atoms with Gasteiger partial charge in [0.25, 0.3) is 10.1 Å². The molecule has 0 amide bonds. The Bertz CT molecular complexity index is 615. The molecular formula is C10H9NO3S3. The molecule has 0 aliphatic rings. The highest BCUT2D eigenvalue weighted by Crippen LogP contribution is 2.33. The van der Waals surface area contributed by atoms with Crippen molar-refractivity contribution in [3.05, 3.63) is 36.9 Å². The van der Waals surface area contributed by atoms with Crippen molar-refractivity contribution in [1.82, 2.24) is 4.98 Å². The third-order valence-electron chi connectivity index (χ3n) is 1.98. The van der Waals surface area contributed by atoms with Crippen LogP contribution in [0.25, 0.3) is 10.2 Å². The molecule has 1 atom stereocenters. The zero-order valence-corrected chi connectivity index (χ0v) is 11.1. The molecule has 0 aliphatic heterocycles. The van der Waals surface area contributed by atoms with Crippen LogP contribution in [0.5, 0.6) is 0 Å². The van der Waals surface area contributed by atoms with Gasteiger partial charge in [-0.1, -0.05) is 30.0 Å². The van der Waals surface area contributed by atoms with Gasteiger partial charge in [-0.25, -0.2) is 4.98 Å². The Morgan fingerprint density at radius 2 is 2.18 bits per heavy atom. The highest BCUT2D eigenvalue weighted by Gasteiger charge is 2.22. The molecule has 90 valence electrons. The van der Waals surface area contributed by atoms with Gasteiger partial charge in [0.1, 0.15) is 0 Å². The molecule has 0 radical (unpaired) electrons. The van der Waals surface area contributed by atoms with Gasteiger partial charge in [-0.3, -0.25) is 4.55 Å². The van der Waals surface area contributed by atoms with E-state index in [0.29, 0.717) is 4.34 Å². The van der Waals surface area contributed by atoms with E-state index in [4.69, 9.17) is 4.55 Å². The smallest absolute Gasteiger partial charge is 0.281 e. The van der Waals surface area contributed by atoms with Gasteiger partial charge >= 0.3 is 0 Å². The maximum atomic E-state index is 11.0. The summed E-state index contributed by atoms with van der Waals surface area (Å²) in [6.45, 7) is 3.39. The van der Waals surface area contributed by atoms with E-state index in [1.807, 2.05) is 24.3 Å². The summed E-state index contributed by atoms with van der Waals surface area (Å²) in [4.78, 5) is 4.27. The highest BCUT2D eigenvalue weighted by atomic mass is 32.3. The minimum Gasteiger partial charge on any atom is -0.284 e. The highest BCUT2D eigenvalue weighted by molar-refractivity contribution is 8.12. The Balaban J connectivity index is 2.32. The third kappa shape index (κ3) is 2.86. The Kier molecular flexibility index (Phi) is 3.53. The van der Waals surface area contributed by atoms with Crippen molar-refractivity contribution in [2.24, 2.45) is 0 Å². The van der Waals surface area contributed by atoms with Gasteiger partial charge in [0.2, 0.25) is 0 Å². The van der Waals surface area contributed by atoms with Crippen molar-refractivity contribution in [2.45, 2.75) is 8.92 Å². The molecule has 1 unspecified atom stereocenters. The van der Waals surface area contributed by atoms with Gasteiger partial charge in [0.05, 0.1) is 10.2 Å². The number of aromatic nitrogens is 1. The fourth-order valence-corrected chi connectivity index (χ4v) is 4.33. The second-order valence-electron chi connectivity index (χ2n) is 3.18. The van der Waals surface area contributed by atoms with Crippen molar-refractivity contribution in [3.63, 3.8) is 0 Å². The van der Waals surface area contributed by atoms with Gasteiger partial charge in [-0.2, -0.15) is 8.42 Å². The monoisotopic (exact) mass is 287 g/mol. The molecule has 4 nitrogen and oxygen atoms in total. The number of fused-ring (bicyclic) bond motifs is 1. The van der Waals surface area contributed by atoms with E-state index in [1.54, 1.807) is 0 Å². The summed E-state index contributed by atoms with van der Waals surface area (Å²) in [7, 11) is -4.14. The fraction of sp³-hybridized carbons (Fsp3) is 0.100. The Morgan fingerprint density at radius 1 is 1.47 bits per heavy atom. The molecule has 0 bridgehead atoms. The lowest BCUT2D eigenvalue weighted by molar-refractivity contribution is 0.484. The van der Waals surface area contributed by atoms with Crippen LogP contribution < -0.4 is 0 Å². The minimum atomic E-state index is -4.14. The second-order valence-corrected chi connectivity index (χ2v) is 7.44. The molecule has 1 aromatic carbocycles. The number of rotatable bonds is 4. The number of hydrogen-bond donors (Lipinski definition) is 1. The normalized spacial score (nSPS) is 13.7. The first kappa shape index (κ1) is 12.6. The molecule has 17 heavy (non-hydrogen) atoms. The minimum absolute atomic E-state index is 0.591. The average molecular weight is 287 g/mol. The van der Waals surface area contributed by atoms with E-state index >= 15 is 0 Å². The van der Waals surface area contributed by atoms with Gasteiger partial charge in [0.15, 0.2) is 8.92 Å². The molecule has 0 aliphatic carbocycles. The van der Waals surface area contributed by atoms with Gasteiger partial charge in [0, 0.05) is 0 Å². The molecule has 1 aromatic heterocycles. The summed E-state index contributed by atoms with van der Waals surface area (Å²) < 4.78 is 31.5. The summed E-state index contributed by atoms with van der Waals surface area (Å²) in [6.07, 6.45) is 1.19. The molecule has 1 heterocycles. The first-order chi connectivity index (χ1) is 8.00. The van der Waals surface area contributed by atoms with E-state index in [0.717, 1.165) is 22.0 Å². The van der Waals surface area contributed by atoms with Crippen molar-refractivity contribution >= 4 is 43.4 Å². The number of nitrogens with zero attached hydrogens (tertiary/aromatic N) is 1. The van der Waals surface area contributed by atoms with Gasteiger partial charge in [-0.05, 0) is 12.1 Å². The predicted octanol–water partition coefficient (Wildman–Crippen LogP) is 2.79. The first-order valence-corrected chi connectivity index (χ1v) is 7.82. The van der Waals surface area contributed by atoms with Crippen LogP contribution in [0, 0.1) is 0 Å². The van der Waals surface area contributed by atoms with E-state index in [-0.39, 0.29) is 0 Å². The van der Waals surface area contributed by atoms with Crippen LogP contribution in [0.1, 0.15) is 0 Å². The Hall–Kier alpha value is -0.890. The average Bonchev–Trinajstić information content (AvgIpc) is 2.66. The second kappa shape index (κ2) is 4.77. The van der Waals surface area contributed by atoms with E-state index in [1.165, 1.54) is 17.4 Å². The lowest BCUT2D eigenvalue weighted by Crippen LogP contribution is -2.13. The number of para-hydroxylation sites is 1. The summed E-state index contributed by atoms with van der Waals surface area (Å²) in [5.74, 6) is 0. The summed E-state index contributed by atoms with van der Waals surface area (Å²) in [5, 5.41) is 0. The van der Waals surface area contributed by atoms with Crippen LogP contribution in [-0.2, 0) is 10.1 Å². The Labute approximate surface area is 107 Å². The first-order valence-electron chi connectivity index (χ1n) is 4.62. The van der Waals surface area contributed by atoms with Crippen LogP contribution in [0.4, 0.5) is 0 Å². The third-order valence-corrected chi connectivity index (χ3v) is 5.86. The van der Waals surface area contributed by atoms with E-state index in [2.05, 4.69) is 11.6 Å². The molecule has 0 fully saturated rings. The lowest BCUT2D eigenvalue weighted by Gasteiger charge is -2.04. The lowest BCUT2D eigenvalue weighted by atomic mass is 10.3. The summed E-state index contributed by atoms with van der Waals surface area (Å²) in [6, 6.07) is 7.52. The van der Waals surface area contributed by atoms with Crippen LogP contribution in [0.2, 0.25) is 0 Å². The quantitative estimate of drug-likeness (QED) is 0.532. The molecule has 0 saturated carbocycles. The number of benzene rings is 1. The molecular weight excluding hydrogens is 278 g/mol. The number of thiazole rings is 1. The van der Waals surface area contributed by atoms with Gasteiger partial charge in [-0.15, -0.1) is 17.9 Å². The summed E-state index contributed by atoms with van der Waals surface area (Å²) >= 11 is 2.36. The van der Waals surface area contributed by atoms with Crippen molar-refractivity contribution in [2.75, 3.05) is 0 Å². The number of hydrogen-bond acceptors (Lipinski definition) is 5. The van der Waals surface area contributed by atoms with Crippen LogP contribution in [0.3, 0.4) is 0 Å². The van der Waals surface area contributed by atoms with Crippen molar-refractivity contribution in [3.8, 4) is 0 Å². The molecule has 0 spiro atoms. The van der Waals surface area contributed by atoms with Gasteiger partial charge < -0.3 is 0 Å². The fourth-order valence-electron chi connectivity index (χ4n) is 1.23. The SMILES string of the molecule is C=CC(Sc1nc2ccccc2s1)S(=O)(=O)O. The Morgan fingerprint density at radius 3 is 2.76 bits per heavy atom. The maximum absolute atomic E-state index is 11.0. The van der Waals surface area contributed by atoms with E-state index < -0.39 is 14.7 Å². The number of thioether (sulfide) groups is 1. The standard InChI is InChI=1S/C10H9NO3S3/c1-2-9(17(12,13)14)16-10-11-7-5-3-4-6-8(7)15-10/h2-6,9H,1H2,(H,12,13,14).